The summed E-state index contributed by atoms with van der Waals surface area (Å²) in [6.07, 6.45) is 2.75. The fourth-order valence-electron chi connectivity index (χ4n) is 5.02. The molecule has 5 rings (SSSR count). The van der Waals surface area contributed by atoms with Gasteiger partial charge < -0.3 is 19.3 Å². The number of ether oxygens (including phenoxy) is 2. The summed E-state index contributed by atoms with van der Waals surface area (Å²) in [5, 5.41) is 8.95. The van der Waals surface area contributed by atoms with Gasteiger partial charge in [0.05, 0.1) is 13.2 Å². The molecule has 0 N–H and O–H groups in total. The van der Waals surface area contributed by atoms with Crippen molar-refractivity contribution in [2.24, 2.45) is 0 Å². The molecule has 0 saturated carbocycles. The van der Waals surface area contributed by atoms with Gasteiger partial charge in [-0.05, 0) is 37.1 Å². The molecule has 11 heteroatoms. The molecule has 1 aromatic carbocycles. The van der Waals surface area contributed by atoms with Gasteiger partial charge in [-0.25, -0.2) is 8.42 Å². The molecule has 1 aromatic heterocycles. The summed E-state index contributed by atoms with van der Waals surface area (Å²) in [7, 11) is -2.13. The third kappa shape index (κ3) is 5.37. The number of nitrogens with zero attached hydrogens (tertiary/aromatic N) is 6. The Bertz CT molecular complexity index is 1080. The summed E-state index contributed by atoms with van der Waals surface area (Å²) >= 11 is 0. The number of benzene rings is 1. The minimum absolute atomic E-state index is 0.205. The van der Waals surface area contributed by atoms with E-state index in [1.165, 1.54) is 24.3 Å². The summed E-state index contributed by atoms with van der Waals surface area (Å²) in [5.74, 6) is 2.03. The zero-order chi connectivity index (χ0) is 24.3. The lowest BCUT2D eigenvalue weighted by atomic mass is 10.2. The number of anilines is 2. The van der Waals surface area contributed by atoms with Crippen molar-refractivity contribution in [3.8, 4) is 5.75 Å². The van der Waals surface area contributed by atoms with Crippen molar-refractivity contribution < 1.29 is 17.9 Å². The first-order chi connectivity index (χ1) is 17.0. The van der Waals surface area contributed by atoms with Crippen LogP contribution in [-0.4, -0.2) is 107 Å². The lowest BCUT2D eigenvalue weighted by molar-refractivity contribution is 0.0712. The minimum atomic E-state index is -3.62. The molecule has 190 valence electrons. The number of hydrogen-bond donors (Lipinski definition) is 0. The molecule has 0 spiro atoms. The molecule has 2 aromatic rings. The van der Waals surface area contributed by atoms with Crippen molar-refractivity contribution in [1.29, 1.82) is 0 Å². The first kappa shape index (κ1) is 24.2. The molecule has 1 atom stereocenters. The van der Waals surface area contributed by atoms with E-state index in [0.717, 1.165) is 51.0 Å². The van der Waals surface area contributed by atoms with Gasteiger partial charge in [0.25, 0.3) is 0 Å². The van der Waals surface area contributed by atoms with Crippen LogP contribution in [-0.2, 0) is 14.8 Å². The van der Waals surface area contributed by atoms with Crippen LogP contribution in [0.1, 0.15) is 12.8 Å². The number of hydrogen-bond acceptors (Lipinski definition) is 9. The number of methoxy groups -OCH3 is 1. The zero-order valence-electron chi connectivity index (χ0n) is 20.3. The lowest BCUT2D eigenvalue weighted by Gasteiger charge is -2.36. The van der Waals surface area contributed by atoms with E-state index in [-0.39, 0.29) is 4.90 Å². The third-order valence-electron chi connectivity index (χ3n) is 7.07. The molecule has 3 aliphatic rings. The first-order valence-corrected chi connectivity index (χ1v) is 13.8. The van der Waals surface area contributed by atoms with Gasteiger partial charge in [0.1, 0.15) is 10.6 Å². The number of aromatic nitrogens is 2. The largest absolute Gasteiger partial charge is 0.495 e. The van der Waals surface area contributed by atoms with E-state index < -0.39 is 10.0 Å². The summed E-state index contributed by atoms with van der Waals surface area (Å²) in [6, 6.07) is 10.8. The molecule has 3 aliphatic heterocycles. The number of para-hydroxylation sites is 1. The normalized spacial score (nSPS) is 22.5. The van der Waals surface area contributed by atoms with Crippen LogP contribution in [0.25, 0.3) is 0 Å². The molecule has 0 aliphatic carbocycles. The van der Waals surface area contributed by atoms with Crippen LogP contribution in [0, 0.1) is 0 Å². The van der Waals surface area contributed by atoms with Crippen molar-refractivity contribution in [1.82, 2.24) is 19.4 Å². The molecule has 1 unspecified atom stereocenters. The summed E-state index contributed by atoms with van der Waals surface area (Å²) in [6.45, 7) is 7.69. The van der Waals surface area contributed by atoms with Crippen molar-refractivity contribution in [2.75, 3.05) is 82.4 Å². The first-order valence-electron chi connectivity index (χ1n) is 12.4. The zero-order valence-corrected chi connectivity index (χ0v) is 21.1. The molecule has 0 radical (unpaired) electrons. The van der Waals surface area contributed by atoms with Gasteiger partial charge in [0.15, 0.2) is 11.6 Å². The molecule has 3 saturated heterocycles. The maximum Gasteiger partial charge on any atom is 0.246 e. The monoisotopic (exact) mass is 502 g/mol. The number of piperazine rings is 2. The van der Waals surface area contributed by atoms with E-state index in [1.54, 1.807) is 24.3 Å². The Kier molecular flexibility index (Phi) is 7.37. The van der Waals surface area contributed by atoms with Gasteiger partial charge >= 0.3 is 0 Å². The quantitative estimate of drug-likeness (QED) is 0.556. The molecule has 10 nitrogen and oxygen atoms in total. The summed E-state index contributed by atoms with van der Waals surface area (Å²) < 4.78 is 38.8. The van der Waals surface area contributed by atoms with Crippen molar-refractivity contribution in [3.05, 3.63) is 36.4 Å². The Morgan fingerprint density at radius 2 is 1.54 bits per heavy atom. The molecule has 35 heavy (non-hydrogen) atoms. The summed E-state index contributed by atoms with van der Waals surface area (Å²) in [4.78, 5) is 7.05. The van der Waals surface area contributed by atoms with Crippen LogP contribution in [0.15, 0.2) is 41.3 Å². The van der Waals surface area contributed by atoms with Gasteiger partial charge in [-0.15, -0.1) is 10.2 Å². The topological polar surface area (TPSA) is 91.3 Å². The Balaban J connectivity index is 1.14. The highest BCUT2D eigenvalue weighted by molar-refractivity contribution is 7.89. The number of rotatable bonds is 7. The van der Waals surface area contributed by atoms with Gasteiger partial charge in [-0.3, -0.25) is 4.90 Å². The molecular weight excluding hydrogens is 468 g/mol. The van der Waals surface area contributed by atoms with Gasteiger partial charge in [0.2, 0.25) is 10.0 Å². The van der Waals surface area contributed by atoms with Crippen molar-refractivity contribution >= 4 is 21.7 Å². The summed E-state index contributed by atoms with van der Waals surface area (Å²) in [5.41, 5.74) is 0. The molecule has 0 amide bonds. The molecular formula is C24H34N6O4S. The second kappa shape index (κ2) is 10.7. The third-order valence-corrected chi connectivity index (χ3v) is 9.01. The Morgan fingerprint density at radius 1 is 0.914 bits per heavy atom. The van der Waals surface area contributed by atoms with Crippen LogP contribution in [0.4, 0.5) is 11.6 Å². The van der Waals surface area contributed by atoms with E-state index in [0.29, 0.717) is 38.0 Å². The van der Waals surface area contributed by atoms with Gasteiger partial charge in [-0.2, -0.15) is 4.31 Å². The smallest absolute Gasteiger partial charge is 0.246 e. The second-order valence-electron chi connectivity index (χ2n) is 9.21. The minimum Gasteiger partial charge on any atom is -0.495 e. The van der Waals surface area contributed by atoms with Crippen LogP contribution in [0.3, 0.4) is 0 Å². The maximum atomic E-state index is 13.1. The molecule has 0 bridgehead atoms. The molecule has 3 fully saturated rings. The van der Waals surface area contributed by atoms with Crippen LogP contribution >= 0.6 is 0 Å². The highest BCUT2D eigenvalue weighted by atomic mass is 32.2. The van der Waals surface area contributed by atoms with E-state index in [1.807, 2.05) is 12.1 Å². The fraction of sp³-hybridized carbons (Fsp3) is 0.583. The Morgan fingerprint density at radius 3 is 2.11 bits per heavy atom. The highest BCUT2D eigenvalue weighted by Gasteiger charge is 2.31. The Labute approximate surface area is 207 Å². The van der Waals surface area contributed by atoms with Gasteiger partial charge in [-0.1, -0.05) is 12.1 Å². The van der Waals surface area contributed by atoms with E-state index in [4.69, 9.17) is 9.47 Å². The fourth-order valence-corrected chi connectivity index (χ4v) is 6.60. The number of sulfonamides is 1. The standard InChI is InChI=1S/C24H34N6O4S/c1-33-21-6-2-3-7-22(21)35(31,32)30-16-14-29(15-17-30)24-9-8-23(25-26-24)28-12-10-27(11-13-28)19-20-5-4-18-34-20/h2-3,6-9,20H,4-5,10-19H2,1H3. The van der Waals surface area contributed by atoms with Crippen LogP contribution in [0.2, 0.25) is 0 Å². The van der Waals surface area contributed by atoms with E-state index in [2.05, 4.69) is 24.9 Å². The van der Waals surface area contributed by atoms with Crippen LogP contribution < -0.4 is 14.5 Å². The van der Waals surface area contributed by atoms with Crippen LogP contribution in [0.5, 0.6) is 5.75 Å². The van der Waals surface area contributed by atoms with Crippen molar-refractivity contribution in [3.63, 3.8) is 0 Å². The maximum absolute atomic E-state index is 13.1. The van der Waals surface area contributed by atoms with Crippen molar-refractivity contribution in [2.45, 2.75) is 23.8 Å². The highest BCUT2D eigenvalue weighted by Crippen LogP contribution is 2.27. The predicted octanol–water partition coefficient (Wildman–Crippen LogP) is 1.30. The average molecular weight is 503 g/mol. The molecule has 4 heterocycles. The van der Waals surface area contributed by atoms with E-state index >= 15 is 0 Å². The Hall–Kier alpha value is -2.47. The SMILES string of the molecule is COc1ccccc1S(=O)(=O)N1CCN(c2ccc(N3CCN(CC4CCCO4)CC3)nn2)CC1. The van der Waals surface area contributed by atoms with E-state index in [9.17, 15) is 8.42 Å². The predicted molar refractivity (Wildman–Crippen MR) is 134 cm³/mol. The lowest BCUT2D eigenvalue weighted by Crippen LogP contribution is -2.49. The second-order valence-corrected chi connectivity index (χ2v) is 11.1. The average Bonchev–Trinajstić information content (AvgIpc) is 3.42. The van der Waals surface area contributed by atoms with Gasteiger partial charge in [0, 0.05) is 65.5 Å².